The van der Waals surface area contributed by atoms with Crippen LogP contribution in [0.2, 0.25) is 0 Å². The van der Waals surface area contributed by atoms with Gasteiger partial charge in [0, 0.05) is 6.54 Å². The molecule has 1 amide bonds. The summed E-state index contributed by atoms with van der Waals surface area (Å²) in [4.78, 5) is 11.1. The van der Waals surface area contributed by atoms with Crippen molar-refractivity contribution < 1.29 is 9.90 Å². The lowest BCUT2D eigenvalue weighted by Gasteiger charge is -2.36. The maximum atomic E-state index is 11.1. The van der Waals surface area contributed by atoms with Gasteiger partial charge in [0.1, 0.15) is 0 Å². The molecule has 1 aliphatic rings. The van der Waals surface area contributed by atoms with Crippen LogP contribution in [0.4, 0.5) is 0 Å². The first-order valence-corrected chi connectivity index (χ1v) is 6.76. The number of carbonyl (C=O) groups excluding carboxylic acids is 1. The molecule has 0 aromatic carbocycles. The summed E-state index contributed by atoms with van der Waals surface area (Å²) < 4.78 is 0. The Balaban J connectivity index is 2.38. The lowest BCUT2D eigenvalue weighted by atomic mass is 9.78. The molecule has 0 aliphatic heterocycles. The summed E-state index contributed by atoms with van der Waals surface area (Å²) in [5.41, 5.74) is 4.62. The average molecular weight is 242 g/mol. The second-order valence-corrected chi connectivity index (χ2v) is 5.32. The molecule has 0 spiro atoms. The molecule has 17 heavy (non-hydrogen) atoms. The molecule has 1 rings (SSSR count). The van der Waals surface area contributed by atoms with E-state index >= 15 is 0 Å². The van der Waals surface area contributed by atoms with Crippen molar-refractivity contribution in [3.63, 3.8) is 0 Å². The summed E-state index contributed by atoms with van der Waals surface area (Å²) in [7, 11) is 0. The van der Waals surface area contributed by atoms with E-state index in [1.807, 2.05) is 6.92 Å². The van der Waals surface area contributed by atoms with Crippen molar-refractivity contribution in [2.75, 3.05) is 6.54 Å². The maximum Gasteiger partial charge on any atom is 0.234 e. The molecule has 0 aromatic rings. The smallest absolute Gasteiger partial charge is 0.234 e. The first kappa shape index (κ1) is 14.5. The highest BCUT2D eigenvalue weighted by Gasteiger charge is 2.33. The van der Waals surface area contributed by atoms with Crippen LogP contribution in [-0.2, 0) is 4.79 Å². The summed E-state index contributed by atoms with van der Waals surface area (Å²) in [6.07, 6.45) is 5.69. The van der Waals surface area contributed by atoms with Crippen molar-refractivity contribution in [3.05, 3.63) is 0 Å². The third-order valence-corrected chi connectivity index (χ3v) is 4.04. The van der Waals surface area contributed by atoms with Crippen molar-refractivity contribution in [1.82, 2.24) is 5.32 Å². The van der Waals surface area contributed by atoms with Crippen molar-refractivity contribution in [2.45, 2.75) is 64.0 Å². The molecule has 0 saturated heterocycles. The van der Waals surface area contributed by atoms with Crippen molar-refractivity contribution in [3.8, 4) is 0 Å². The van der Waals surface area contributed by atoms with E-state index in [1.165, 1.54) is 6.42 Å². The standard InChI is InChI=1S/C13H26N2O2/c1-3-10-5-7-13(17,8-6-10)9-15-11(4-2)12(14)16/h10-11,15,17H,3-9H2,1-2H3,(H2,14,16). The van der Waals surface area contributed by atoms with Crippen LogP contribution in [0.3, 0.4) is 0 Å². The van der Waals surface area contributed by atoms with Crippen LogP contribution in [0.1, 0.15) is 52.4 Å². The third-order valence-electron chi connectivity index (χ3n) is 4.04. The Morgan fingerprint density at radius 3 is 2.47 bits per heavy atom. The predicted octanol–water partition coefficient (Wildman–Crippen LogP) is 1.17. The second kappa shape index (κ2) is 6.36. The van der Waals surface area contributed by atoms with Gasteiger partial charge in [-0.15, -0.1) is 0 Å². The maximum absolute atomic E-state index is 11.1. The Bertz CT molecular complexity index is 248. The van der Waals surface area contributed by atoms with Gasteiger partial charge in [0.25, 0.3) is 0 Å². The molecule has 1 atom stereocenters. The van der Waals surface area contributed by atoms with Crippen LogP contribution in [0.5, 0.6) is 0 Å². The zero-order valence-corrected chi connectivity index (χ0v) is 11.0. The number of hydrogen-bond acceptors (Lipinski definition) is 3. The summed E-state index contributed by atoms with van der Waals surface area (Å²) in [5, 5.41) is 13.5. The summed E-state index contributed by atoms with van der Waals surface area (Å²) in [6, 6.07) is -0.317. The number of nitrogens with one attached hydrogen (secondary N) is 1. The highest BCUT2D eigenvalue weighted by atomic mass is 16.3. The monoisotopic (exact) mass is 242 g/mol. The fourth-order valence-electron chi connectivity index (χ4n) is 2.56. The van der Waals surface area contributed by atoms with E-state index in [2.05, 4.69) is 12.2 Å². The predicted molar refractivity (Wildman–Crippen MR) is 68.5 cm³/mol. The number of rotatable bonds is 6. The van der Waals surface area contributed by atoms with Crippen LogP contribution in [-0.4, -0.2) is 29.2 Å². The summed E-state index contributed by atoms with van der Waals surface area (Å²) in [6.45, 7) is 4.60. The highest BCUT2D eigenvalue weighted by molar-refractivity contribution is 5.79. The minimum atomic E-state index is -0.644. The molecule has 1 aliphatic carbocycles. The summed E-state index contributed by atoms with van der Waals surface area (Å²) in [5.74, 6) is 0.423. The molecule has 1 saturated carbocycles. The van der Waals surface area contributed by atoms with Gasteiger partial charge >= 0.3 is 0 Å². The first-order chi connectivity index (χ1) is 8.00. The number of nitrogens with two attached hydrogens (primary N) is 1. The fraction of sp³-hybridized carbons (Fsp3) is 0.923. The molecule has 1 unspecified atom stereocenters. The minimum absolute atomic E-state index is 0.317. The van der Waals surface area contributed by atoms with Crippen LogP contribution >= 0.6 is 0 Å². The first-order valence-electron chi connectivity index (χ1n) is 6.76. The van der Waals surface area contributed by atoms with Crippen molar-refractivity contribution in [2.24, 2.45) is 11.7 Å². The highest BCUT2D eigenvalue weighted by Crippen LogP contribution is 2.33. The largest absolute Gasteiger partial charge is 0.389 e. The Kier molecular flexibility index (Phi) is 5.40. The van der Waals surface area contributed by atoms with E-state index in [4.69, 9.17) is 5.73 Å². The molecule has 0 aromatic heterocycles. The molecule has 0 radical (unpaired) electrons. The molecule has 0 heterocycles. The van der Waals surface area contributed by atoms with Gasteiger partial charge in [-0.05, 0) is 38.0 Å². The quantitative estimate of drug-likeness (QED) is 0.654. The Hall–Kier alpha value is -0.610. The van der Waals surface area contributed by atoms with Gasteiger partial charge in [0.15, 0.2) is 0 Å². The third kappa shape index (κ3) is 4.28. The van der Waals surface area contributed by atoms with Crippen LogP contribution < -0.4 is 11.1 Å². The van der Waals surface area contributed by atoms with E-state index in [9.17, 15) is 9.90 Å². The molecule has 4 nitrogen and oxygen atoms in total. The number of carbonyl (C=O) groups is 1. The molecular weight excluding hydrogens is 216 g/mol. The van der Waals surface area contributed by atoms with E-state index in [0.717, 1.165) is 31.6 Å². The van der Waals surface area contributed by atoms with Gasteiger partial charge in [-0.2, -0.15) is 0 Å². The topological polar surface area (TPSA) is 75.3 Å². The van der Waals surface area contributed by atoms with E-state index < -0.39 is 5.60 Å². The number of primary amides is 1. The van der Waals surface area contributed by atoms with Crippen LogP contribution in [0, 0.1) is 5.92 Å². The Labute approximate surface area is 104 Å². The van der Waals surface area contributed by atoms with Crippen molar-refractivity contribution in [1.29, 1.82) is 0 Å². The normalized spacial score (nSPS) is 31.1. The van der Waals surface area contributed by atoms with Crippen LogP contribution in [0.15, 0.2) is 0 Å². The van der Waals surface area contributed by atoms with E-state index in [-0.39, 0.29) is 11.9 Å². The number of amides is 1. The molecule has 0 bridgehead atoms. The Morgan fingerprint density at radius 2 is 2.06 bits per heavy atom. The van der Waals surface area contributed by atoms with Crippen LogP contribution in [0.25, 0.3) is 0 Å². The van der Waals surface area contributed by atoms with E-state index in [0.29, 0.717) is 13.0 Å². The van der Waals surface area contributed by atoms with Gasteiger partial charge in [0.05, 0.1) is 11.6 Å². The lowest BCUT2D eigenvalue weighted by Crippen LogP contribution is -2.50. The zero-order valence-electron chi connectivity index (χ0n) is 11.0. The zero-order chi connectivity index (χ0) is 12.9. The van der Waals surface area contributed by atoms with Crippen molar-refractivity contribution >= 4 is 5.91 Å². The molecular formula is C13H26N2O2. The van der Waals surface area contributed by atoms with Gasteiger partial charge in [-0.1, -0.05) is 20.3 Å². The van der Waals surface area contributed by atoms with E-state index in [1.54, 1.807) is 0 Å². The summed E-state index contributed by atoms with van der Waals surface area (Å²) >= 11 is 0. The molecule has 100 valence electrons. The molecule has 4 heteroatoms. The lowest BCUT2D eigenvalue weighted by molar-refractivity contribution is -0.120. The average Bonchev–Trinajstić information content (AvgIpc) is 2.30. The van der Waals surface area contributed by atoms with Gasteiger partial charge in [-0.25, -0.2) is 0 Å². The molecule has 1 fully saturated rings. The van der Waals surface area contributed by atoms with Gasteiger partial charge in [-0.3, -0.25) is 4.79 Å². The van der Waals surface area contributed by atoms with Gasteiger partial charge in [0.2, 0.25) is 5.91 Å². The second-order valence-electron chi connectivity index (χ2n) is 5.32. The Morgan fingerprint density at radius 1 is 1.47 bits per heavy atom. The molecule has 4 N–H and O–H groups in total. The minimum Gasteiger partial charge on any atom is -0.389 e. The number of aliphatic hydroxyl groups is 1. The number of hydrogen-bond donors (Lipinski definition) is 3. The SMILES string of the molecule is CCC1CCC(O)(CNC(CC)C(N)=O)CC1. The fourth-order valence-corrected chi connectivity index (χ4v) is 2.56. The van der Waals surface area contributed by atoms with Gasteiger partial charge < -0.3 is 16.2 Å².